The zero-order valence-electron chi connectivity index (χ0n) is 13.1. The molecule has 3 rings (SSSR count). The van der Waals surface area contributed by atoms with Crippen LogP contribution in [0.2, 0.25) is 0 Å². The second-order valence-corrected chi connectivity index (χ2v) is 7.30. The summed E-state index contributed by atoms with van der Waals surface area (Å²) in [5, 5.41) is 19.7. The summed E-state index contributed by atoms with van der Waals surface area (Å²) < 4.78 is 31.9. The predicted molar refractivity (Wildman–Crippen MR) is 93.7 cm³/mol. The van der Waals surface area contributed by atoms with E-state index in [-0.39, 0.29) is 40.2 Å². The van der Waals surface area contributed by atoms with Gasteiger partial charge in [-0.25, -0.2) is 0 Å². The first-order chi connectivity index (χ1) is 11.3. The molecule has 0 aliphatic heterocycles. The van der Waals surface area contributed by atoms with E-state index in [0.717, 1.165) is 15.2 Å². The Morgan fingerprint density at radius 2 is 1.60 bits per heavy atom. The third-order valence-electron chi connectivity index (χ3n) is 3.33. The van der Waals surface area contributed by atoms with Crippen LogP contribution in [0.15, 0.2) is 74.2 Å². The summed E-state index contributed by atoms with van der Waals surface area (Å²) in [6.07, 6.45) is 0. The summed E-state index contributed by atoms with van der Waals surface area (Å²) in [6.45, 7) is 0. The SMILES string of the molecule is O=S(=O)(O)c1ccc(N=Nc2c(O)ccc3cc(Br)ccc23)cc1.[Na+]. The molecule has 0 aliphatic carbocycles. The Morgan fingerprint density at radius 1 is 0.920 bits per heavy atom. The van der Waals surface area contributed by atoms with Crippen molar-refractivity contribution in [1.82, 2.24) is 0 Å². The summed E-state index contributed by atoms with van der Waals surface area (Å²) >= 11 is 3.39. The molecule has 122 valence electrons. The van der Waals surface area contributed by atoms with Crippen molar-refractivity contribution < 1.29 is 47.6 Å². The molecule has 0 amide bonds. The quantitative estimate of drug-likeness (QED) is 0.377. The second-order valence-electron chi connectivity index (χ2n) is 4.97. The van der Waals surface area contributed by atoms with Crippen LogP contribution < -0.4 is 29.6 Å². The summed E-state index contributed by atoms with van der Waals surface area (Å²) in [5.74, 6) is -0.0110. The first-order valence-electron chi connectivity index (χ1n) is 6.75. The molecule has 0 unspecified atom stereocenters. The average molecular weight is 430 g/mol. The van der Waals surface area contributed by atoms with Gasteiger partial charge in [-0.2, -0.15) is 13.5 Å². The number of halogens is 1. The molecule has 6 nitrogen and oxygen atoms in total. The van der Waals surface area contributed by atoms with Crippen LogP contribution in [0, 0.1) is 0 Å². The van der Waals surface area contributed by atoms with E-state index in [1.807, 2.05) is 18.2 Å². The standard InChI is InChI=1S/C16H11BrN2O4S.Na/c17-11-2-7-14-10(9-11)1-8-15(20)16(14)19-18-12-3-5-13(6-4-12)24(21,22)23;/h1-9,20H,(H,21,22,23);/q;+1. The van der Waals surface area contributed by atoms with E-state index in [0.29, 0.717) is 11.4 Å². The van der Waals surface area contributed by atoms with Crippen molar-refractivity contribution >= 4 is 48.2 Å². The summed E-state index contributed by atoms with van der Waals surface area (Å²) in [4.78, 5) is -0.223. The molecule has 0 saturated heterocycles. The molecule has 0 radical (unpaired) electrons. The van der Waals surface area contributed by atoms with Crippen molar-refractivity contribution in [3.05, 3.63) is 59.1 Å². The van der Waals surface area contributed by atoms with E-state index in [2.05, 4.69) is 26.2 Å². The van der Waals surface area contributed by atoms with Crippen LogP contribution in [0.25, 0.3) is 10.8 Å². The monoisotopic (exact) mass is 429 g/mol. The van der Waals surface area contributed by atoms with Gasteiger partial charge in [0.25, 0.3) is 10.1 Å². The molecule has 9 heteroatoms. The second kappa shape index (κ2) is 7.94. The molecule has 3 aromatic rings. The van der Waals surface area contributed by atoms with Gasteiger partial charge in [0.1, 0.15) is 11.4 Å². The van der Waals surface area contributed by atoms with Gasteiger partial charge >= 0.3 is 29.6 Å². The molecule has 0 aliphatic rings. The average Bonchev–Trinajstić information content (AvgIpc) is 2.53. The van der Waals surface area contributed by atoms with Gasteiger partial charge in [-0.1, -0.05) is 28.1 Å². The Labute approximate surface area is 174 Å². The number of benzene rings is 3. The van der Waals surface area contributed by atoms with Crippen LogP contribution in [0.5, 0.6) is 5.75 Å². The zero-order valence-corrected chi connectivity index (χ0v) is 17.5. The normalized spacial score (nSPS) is 11.6. The van der Waals surface area contributed by atoms with E-state index in [1.165, 1.54) is 30.3 Å². The fourth-order valence-electron chi connectivity index (χ4n) is 2.17. The van der Waals surface area contributed by atoms with Gasteiger partial charge in [-0.15, -0.1) is 5.11 Å². The minimum absolute atomic E-state index is 0. The topological polar surface area (TPSA) is 99.3 Å². The van der Waals surface area contributed by atoms with E-state index in [1.54, 1.807) is 6.07 Å². The molecule has 0 atom stereocenters. The van der Waals surface area contributed by atoms with Crippen LogP contribution in [-0.4, -0.2) is 18.1 Å². The summed E-state index contributed by atoms with van der Waals surface area (Å²) in [6, 6.07) is 14.1. The fraction of sp³-hybridized carbons (Fsp3) is 0. The molecule has 2 N–H and O–H groups in total. The van der Waals surface area contributed by atoms with Crippen molar-refractivity contribution in [1.29, 1.82) is 0 Å². The van der Waals surface area contributed by atoms with E-state index in [9.17, 15) is 13.5 Å². The maximum absolute atomic E-state index is 11.0. The van der Waals surface area contributed by atoms with Crippen LogP contribution in [0.3, 0.4) is 0 Å². The maximum atomic E-state index is 11.0. The van der Waals surface area contributed by atoms with Gasteiger partial charge in [0, 0.05) is 9.86 Å². The van der Waals surface area contributed by atoms with Gasteiger partial charge < -0.3 is 5.11 Å². The molecule has 0 bridgehead atoms. The number of rotatable bonds is 3. The number of hydrogen-bond acceptors (Lipinski definition) is 5. The number of phenols is 1. The number of aromatic hydroxyl groups is 1. The number of fused-ring (bicyclic) bond motifs is 1. The Morgan fingerprint density at radius 3 is 2.24 bits per heavy atom. The van der Waals surface area contributed by atoms with E-state index in [4.69, 9.17) is 4.55 Å². The Hall–Kier alpha value is -1.29. The van der Waals surface area contributed by atoms with Gasteiger partial charge in [0.05, 0.1) is 10.6 Å². The van der Waals surface area contributed by atoms with Crippen molar-refractivity contribution in [3.8, 4) is 5.75 Å². The first-order valence-corrected chi connectivity index (χ1v) is 8.98. The summed E-state index contributed by atoms with van der Waals surface area (Å²) in [7, 11) is -4.24. The first kappa shape index (κ1) is 20.0. The molecule has 25 heavy (non-hydrogen) atoms. The predicted octanol–water partition coefficient (Wildman–Crippen LogP) is 1.97. The third-order valence-corrected chi connectivity index (χ3v) is 4.69. The molecular formula is C16H11BrN2NaO4S+. The fourth-order valence-corrected chi connectivity index (χ4v) is 3.03. The van der Waals surface area contributed by atoms with Gasteiger partial charge in [-0.05, 0) is 47.9 Å². The minimum Gasteiger partial charge on any atom is -0.506 e. The third kappa shape index (κ3) is 4.66. The van der Waals surface area contributed by atoms with Crippen molar-refractivity contribution in [2.75, 3.05) is 0 Å². The number of nitrogens with zero attached hydrogens (tertiary/aromatic N) is 2. The van der Waals surface area contributed by atoms with Crippen molar-refractivity contribution in [3.63, 3.8) is 0 Å². The largest absolute Gasteiger partial charge is 1.00 e. The Bertz CT molecular complexity index is 1050. The Kier molecular flexibility index (Phi) is 6.36. The molecule has 0 saturated carbocycles. The van der Waals surface area contributed by atoms with E-state index >= 15 is 0 Å². The molecular weight excluding hydrogens is 419 g/mol. The number of phenolic OH excluding ortho intramolecular Hbond substituents is 1. The maximum Gasteiger partial charge on any atom is 1.00 e. The minimum atomic E-state index is -4.24. The van der Waals surface area contributed by atoms with Crippen LogP contribution in [-0.2, 0) is 10.1 Å². The van der Waals surface area contributed by atoms with Crippen LogP contribution >= 0.6 is 15.9 Å². The van der Waals surface area contributed by atoms with Crippen molar-refractivity contribution in [2.45, 2.75) is 4.90 Å². The Balaban J connectivity index is 0.00000225. The molecule has 0 spiro atoms. The number of azo groups is 1. The van der Waals surface area contributed by atoms with Gasteiger partial charge in [0.2, 0.25) is 0 Å². The number of hydrogen-bond donors (Lipinski definition) is 2. The van der Waals surface area contributed by atoms with Gasteiger partial charge in [-0.3, -0.25) is 4.55 Å². The molecule has 0 fully saturated rings. The molecule has 3 aromatic carbocycles. The van der Waals surface area contributed by atoms with Crippen LogP contribution in [0.4, 0.5) is 11.4 Å². The zero-order chi connectivity index (χ0) is 17.3. The van der Waals surface area contributed by atoms with Crippen LogP contribution in [0.1, 0.15) is 0 Å². The summed E-state index contributed by atoms with van der Waals surface area (Å²) in [5.41, 5.74) is 0.703. The smallest absolute Gasteiger partial charge is 0.506 e. The van der Waals surface area contributed by atoms with Crippen molar-refractivity contribution in [2.24, 2.45) is 10.2 Å². The molecule has 0 aromatic heterocycles. The van der Waals surface area contributed by atoms with Gasteiger partial charge in [0.15, 0.2) is 0 Å². The molecule has 0 heterocycles. The van der Waals surface area contributed by atoms with E-state index < -0.39 is 10.1 Å².